The minimum atomic E-state index is -0.453. The number of nitrogens with one attached hydrogen (secondary N) is 1. The van der Waals surface area contributed by atoms with Crippen LogP contribution < -0.4 is 5.32 Å². The lowest BCUT2D eigenvalue weighted by atomic mass is 10.2. The number of carbonyl (C=O) groups excluding carboxylic acids is 1. The third kappa shape index (κ3) is 4.02. The van der Waals surface area contributed by atoms with Crippen LogP contribution >= 0.6 is 23.1 Å². The Bertz CT molecular complexity index is 1020. The third-order valence-electron chi connectivity index (χ3n) is 3.54. The molecule has 1 aromatic heterocycles. The van der Waals surface area contributed by atoms with Gasteiger partial charge >= 0.3 is 0 Å². The summed E-state index contributed by atoms with van der Waals surface area (Å²) in [5.74, 6) is 0.387. The van der Waals surface area contributed by atoms with E-state index in [0.29, 0.717) is 28.1 Å². The van der Waals surface area contributed by atoms with E-state index in [2.05, 4.69) is 11.4 Å². The lowest BCUT2D eigenvalue weighted by Gasteiger charge is -2.09. The number of thioether (sulfide) groups is 1. The lowest BCUT2D eigenvalue weighted by Crippen LogP contribution is -2.10. The van der Waals surface area contributed by atoms with Gasteiger partial charge < -0.3 is 5.32 Å². The Morgan fingerprint density at radius 2 is 2.08 bits per heavy atom. The summed E-state index contributed by atoms with van der Waals surface area (Å²) in [6.07, 6.45) is 0.433. The van der Waals surface area contributed by atoms with Crippen molar-refractivity contribution >= 4 is 50.5 Å². The average molecular weight is 383 g/mol. The largest absolute Gasteiger partial charge is 0.320 e. The smallest absolute Gasteiger partial charge is 0.270 e. The van der Waals surface area contributed by atoms with Crippen molar-refractivity contribution in [2.24, 2.45) is 0 Å². The van der Waals surface area contributed by atoms with Gasteiger partial charge in [0.2, 0.25) is 0 Å². The van der Waals surface area contributed by atoms with Crippen molar-refractivity contribution in [3.05, 3.63) is 63.5 Å². The molecule has 2 aromatic carbocycles. The Balaban J connectivity index is 1.81. The summed E-state index contributed by atoms with van der Waals surface area (Å²) < 4.78 is 0.817. The minimum absolute atomic E-state index is 0.00139. The van der Waals surface area contributed by atoms with Crippen molar-refractivity contribution in [1.82, 2.24) is 0 Å². The predicted octanol–water partition coefficient (Wildman–Crippen LogP) is 5.07. The first-order valence-corrected chi connectivity index (χ1v) is 9.47. The first kappa shape index (κ1) is 17.9. The van der Waals surface area contributed by atoms with Gasteiger partial charge in [-0.15, -0.1) is 23.1 Å². The van der Waals surface area contributed by atoms with Gasteiger partial charge in [0.05, 0.1) is 21.6 Å². The zero-order valence-corrected chi connectivity index (χ0v) is 15.1. The van der Waals surface area contributed by atoms with Crippen molar-refractivity contribution in [3.8, 4) is 6.07 Å². The zero-order valence-electron chi connectivity index (χ0n) is 13.5. The summed E-state index contributed by atoms with van der Waals surface area (Å²) in [5.41, 5.74) is 0.686. The second-order valence-corrected chi connectivity index (χ2v) is 7.52. The summed E-state index contributed by atoms with van der Waals surface area (Å²) in [7, 11) is 0. The van der Waals surface area contributed by atoms with E-state index in [9.17, 15) is 14.9 Å². The fourth-order valence-electron chi connectivity index (χ4n) is 2.34. The molecule has 0 unspecified atom stereocenters. The van der Waals surface area contributed by atoms with Gasteiger partial charge in [-0.3, -0.25) is 14.9 Å². The van der Waals surface area contributed by atoms with Gasteiger partial charge in [0.15, 0.2) is 0 Å². The molecule has 0 fully saturated rings. The van der Waals surface area contributed by atoms with Crippen LogP contribution in [0.4, 0.5) is 11.4 Å². The summed E-state index contributed by atoms with van der Waals surface area (Å²) in [6, 6.07) is 15.7. The quantitative estimate of drug-likeness (QED) is 0.277. The highest BCUT2D eigenvalue weighted by molar-refractivity contribution is 7.99. The maximum absolute atomic E-state index is 12.6. The summed E-state index contributed by atoms with van der Waals surface area (Å²) in [4.78, 5) is 24.4. The highest BCUT2D eigenvalue weighted by Crippen LogP contribution is 2.31. The Labute approximate surface area is 157 Å². The number of nitrogens with zero attached hydrogens (tertiary/aromatic N) is 2. The van der Waals surface area contributed by atoms with Crippen molar-refractivity contribution in [1.29, 1.82) is 5.26 Å². The molecule has 0 aliphatic rings. The van der Waals surface area contributed by atoms with Gasteiger partial charge in [-0.05, 0) is 24.3 Å². The van der Waals surface area contributed by atoms with Crippen LogP contribution in [0.3, 0.4) is 0 Å². The Kier molecular flexibility index (Phi) is 5.51. The van der Waals surface area contributed by atoms with Crippen LogP contribution in [-0.2, 0) is 0 Å². The Morgan fingerprint density at radius 3 is 2.85 bits per heavy atom. The first-order chi connectivity index (χ1) is 12.6. The number of hydrogen-bond donors (Lipinski definition) is 1. The van der Waals surface area contributed by atoms with E-state index in [-0.39, 0.29) is 11.6 Å². The molecule has 0 aliphatic heterocycles. The molecule has 0 radical (unpaired) electrons. The Hall–Kier alpha value is -2.89. The number of nitro groups is 1. The number of nitriles is 1. The zero-order chi connectivity index (χ0) is 18.5. The molecule has 0 bridgehead atoms. The van der Waals surface area contributed by atoms with Gasteiger partial charge in [-0.25, -0.2) is 0 Å². The van der Waals surface area contributed by atoms with E-state index in [0.717, 1.165) is 9.60 Å². The Morgan fingerprint density at radius 1 is 1.27 bits per heavy atom. The molecule has 3 aromatic rings. The number of fused-ring (bicyclic) bond motifs is 1. The number of benzene rings is 2. The number of amides is 1. The molecule has 0 saturated heterocycles. The summed E-state index contributed by atoms with van der Waals surface area (Å²) in [6.45, 7) is 0. The van der Waals surface area contributed by atoms with E-state index in [4.69, 9.17) is 5.26 Å². The molecule has 8 heteroatoms. The van der Waals surface area contributed by atoms with Gasteiger partial charge in [-0.2, -0.15) is 5.26 Å². The van der Waals surface area contributed by atoms with Crippen molar-refractivity contribution in [3.63, 3.8) is 0 Å². The number of thiophene rings is 1. The highest BCUT2D eigenvalue weighted by atomic mass is 32.2. The van der Waals surface area contributed by atoms with E-state index < -0.39 is 4.92 Å². The van der Waals surface area contributed by atoms with Crippen molar-refractivity contribution < 1.29 is 9.72 Å². The minimum Gasteiger partial charge on any atom is -0.320 e. The van der Waals surface area contributed by atoms with Gasteiger partial charge in [-0.1, -0.05) is 12.1 Å². The number of carbonyl (C=O) groups is 1. The molecule has 1 N–H and O–H groups in total. The van der Waals surface area contributed by atoms with Crippen LogP contribution in [0.5, 0.6) is 0 Å². The summed E-state index contributed by atoms with van der Waals surface area (Å²) >= 11 is 2.80. The molecule has 0 spiro atoms. The number of rotatable bonds is 6. The maximum atomic E-state index is 12.6. The molecule has 6 nitrogen and oxygen atoms in total. The molecular formula is C18H13N3O3S2. The third-order valence-corrected chi connectivity index (χ3v) is 5.73. The van der Waals surface area contributed by atoms with Crippen LogP contribution in [0.25, 0.3) is 10.1 Å². The van der Waals surface area contributed by atoms with Crippen LogP contribution in [0.1, 0.15) is 16.1 Å². The first-order valence-electron chi connectivity index (χ1n) is 7.66. The highest BCUT2D eigenvalue weighted by Gasteiger charge is 2.14. The van der Waals surface area contributed by atoms with Crippen molar-refractivity contribution in [2.45, 2.75) is 11.3 Å². The van der Waals surface area contributed by atoms with E-state index in [1.165, 1.54) is 35.2 Å². The topological polar surface area (TPSA) is 96.0 Å². The van der Waals surface area contributed by atoms with E-state index in [1.54, 1.807) is 12.1 Å². The van der Waals surface area contributed by atoms with Gasteiger partial charge in [0.25, 0.3) is 11.6 Å². The van der Waals surface area contributed by atoms with Gasteiger partial charge in [0.1, 0.15) is 0 Å². The number of anilines is 1. The fourth-order valence-corrected chi connectivity index (χ4v) is 4.14. The SMILES string of the molecule is N#CCCSc1ccccc1NC(=O)c1cc2cc([N+](=O)[O-])ccc2s1. The molecule has 1 heterocycles. The van der Waals surface area contributed by atoms with Crippen LogP contribution in [0.15, 0.2) is 53.4 Å². The van der Waals surface area contributed by atoms with Gasteiger partial charge in [0, 0.05) is 39.3 Å². The van der Waals surface area contributed by atoms with E-state index in [1.807, 2.05) is 24.3 Å². The monoisotopic (exact) mass is 383 g/mol. The lowest BCUT2D eigenvalue weighted by molar-refractivity contribution is -0.384. The number of non-ortho nitro benzene ring substituents is 1. The fraction of sp³-hybridized carbons (Fsp3) is 0.111. The molecule has 0 atom stereocenters. The molecule has 3 rings (SSSR count). The maximum Gasteiger partial charge on any atom is 0.270 e. The molecule has 26 heavy (non-hydrogen) atoms. The average Bonchev–Trinajstić information content (AvgIpc) is 3.06. The number of nitro benzene ring substituents is 1. The van der Waals surface area contributed by atoms with Crippen LogP contribution in [0.2, 0.25) is 0 Å². The molecular weight excluding hydrogens is 370 g/mol. The summed E-state index contributed by atoms with van der Waals surface area (Å²) in [5, 5.41) is 23.1. The number of para-hydroxylation sites is 1. The second kappa shape index (κ2) is 7.99. The van der Waals surface area contributed by atoms with Crippen molar-refractivity contribution in [2.75, 3.05) is 11.1 Å². The predicted molar refractivity (Wildman–Crippen MR) is 104 cm³/mol. The molecule has 1 amide bonds. The normalized spacial score (nSPS) is 10.4. The van der Waals surface area contributed by atoms with E-state index >= 15 is 0 Å². The number of hydrogen-bond acceptors (Lipinski definition) is 6. The standard InChI is InChI=1S/C18H13N3O3S2/c19-8-3-9-25-16-5-2-1-4-14(16)20-18(22)17-11-12-10-13(21(23)24)6-7-15(12)26-17/h1-2,4-7,10-11H,3,9H2,(H,20,22). The van der Waals surface area contributed by atoms with Crippen LogP contribution in [-0.4, -0.2) is 16.6 Å². The molecule has 0 aliphatic carbocycles. The molecule has 0 saturated carbocycles. The molecule has 130 valence electrons. The van der Waals surface area contributed by atoms with Crippen LogP contribution in [0, 0.1) is 21.4 Å². The second-order valence-electron chi connectivity index (χ2n) is 5.30.